The number of hydrogen-bond donors (Lipinski definition) is 1. The summed E-state index contributed by atoms with van der Waals surface area (Å²) < 4.78 is 11.1. The highest BCUT2D eigenvalue weighted by atomic mass is 16.5. The lowest BCUT2D eigenvalue weighted by atomic mass is 9.74. The van der Waals surface area contributed by atoms with Crippen LogP contribution in [0.3, 0.4) is 0 Å². The summed E-state index contributed by atoms with van der Waals surface area (Å²) in [6.07, 6.45) is 2.95. The van der Waals surface area contributed by atoms with E-state index in [4.69, 9.17) is 15.2 Å². The highest BCUT2D eigenvalue weighted by Crippen LogP contribution is 2.42. The fourth-order valence-electron chi connectivity index (χ4n) is 3.91. The topological polar surface area (TPSA) is 81.9 Å². The van der Waals surface area contributed by atoms with Crippen LogP contribution in [0.5, 0.6) is 0 Å². The molecule has 0 saturated carbocycles. The van der Waals surface area contributed by atoms with Gasteiger partial charge < -0.3 is 20.1 Å². The van der Waals surface area contributed by atoms with Crippen LogP contribution in [0.2, 0.25) is 0 Å². The predicted octanol–water partition coefficient (Wildman–Crippen LogP) is 0.811. The fourth-order valence-corrected chi connectivity index (χ4v) is 3.91. The van der Waals surface area contributed by atoms with Crippen LogP contribution in [0.25, 0.3) is 0 Å². The Hall–Kier alpha value is -1.56. The Balaban J connectivity index is 1.83. The van der Waals surface area contributed by atoms with E-state index in [0.29, 0.717) is 39.3 Å². The van der Waals surface area contributed by atoms with Gasteiger partial charge in [0.05, 0.1) is 24.2 Å². The number of hydrogen-bond acceptors (Lipinski definition) is 4. The molecule has 6 heteroatoms. The molecule has 3 rings (SSSR count). The normalized spacial score (nSPS) is 31.7. The van der Waals surface area contributed by atoms with Crippen LogP contribution in [0.15, 0.2) is 11.3 Å². The van der Waals surface area contributed by atoms with Gasteiger partial charge in [0.25, 0.3) is 5.91 Å². The van der Waals surface area contributed by atoms with E-state index in [1.165, 1.54) is 0 Å². The van der Waals surface area contributed by atoms with Gasteiger partial charge in [-0.1, -0.05) is 6.92 Å². The largest absolute Gasteiger partial charge is 0.497 e. The molecule has 3 aliphatic rings. The van der Waals surface area contributed by atoms with Crippen LogP contribution < -0.4 is 5.73 Å². The standard InChI is InChI=1S/C16H24N2O4/c1-2-13-12(4-3-6-22-13)14(19)18-8-11-9-21-7-5-16(11,10-18)15(17)20/h11H,2-10H2,1H3,(H2,17,20)/t11-,16+/m1/s1. The number of nitrogens with zero attached hydrogens (tertiary/aromatic N) is 1. The zero-order chi connectivity index (χ0) is 15.7. The Kier molecular flexibility index (Phi) is 4.12. The van der Waals surface area contributed by atoms with E-state index >= 15 is 0 Å². The van der Waals surface area contributed by atoms with E-state index in [0.717, 1.165) is 30.6 Å². The molecule has 0 aromatic carbocycles. The van der Waals surface area contributed by atoms with E-state index in [-0.39, 0.29) is 17.7 Å². The number of amides is 2. The van der Waals surface area contributed by atoms with E-state index in [2.05, 4.69) is 0 Å². The van der Waals surface area contributed by atoms with Gasteiger partial charge in [-0.05, 0) is 19.3 Å². The van der Waals surface area contributed by atoms with E-state index in [1.54, 1.807) is 4.90 Å². The number of likely N-dealkylation sites (tertiary alicyclic amines) is 1. The van der Waals surface area contributed by atoms with Crippen LogP contribution >= 0.6 is 0 Å². The Morgan fingerprint density at radius 1 is 1.41 bits per heavy atom. The number of nitrogens with two attached hydrogens (primary N) is 1. The van der Waals surface area contributed by atoms with Crippen molar-refractivity contribution in [2.45, 2.75) is 32.6 Å². The SMILES string of the molecule is CCC1=C(C(=O)N2C[C@@H]3COCC[C@]3(C(N)=O)C2)CCCO1. The summed E-state index contributed by atoms with van der Waals surface area (Å²) in [5.74, 6) is 0.514. The average Bonchev–Trinajstić information content (AvgIpc) is 2.95. The van der Waals surface area contributed by atoms with Crippen LogP contribution in [-0.2, 0) is 19.1 Å². The molecule has 122 valence electrons. The van der Waals surface area contributed by atoms with Gasteiger partial charge in [0, 0.05) is 32.0 Å². The van der Waals surface area contributed by atoms with Crippen molar-refractivity contribution in [3.05, 3.63) is 11.3 Å². The van der Waals surface area contributed by atoms with Gasteiger partial charge in [0.2, 0.25) is 5.91 Å². The molecule has 0 aromatic rings. The molecule has 0 radical (unpaired) electrons. The monoisotopic (exact) mass is 308 g/mol. The fraction of sp³-hybridized carbons (Fsp3) is 0.750. The molecular weight excluding hydrogens is 284 g/mol. The second-order valence-corrected chi connectivity index (χ2v) is 6.44. The number of allylic oxidation sites excluding steroid dienone is 1. The number of primary amides is 1. The van der Waals surface area contributed by atoms with Gasteiger partial charge in [0.1, 0.15) is 5.76 Å². The molecule has 22 heavy (non-hydrogen) atoms. The van der Waals surface area contributed by atoms with Gasteiger partial charge in [-0.15, -0.1) is 0 Å². The summed E-state index contributed by atoms with van der Waals surface area (Å²) in [5.41, 5.74) is 5.82. The van der Waals surface area contributed by atoms with E-state index in [1.807, 2.05) is 6.92 Å². The van der Waals surface area contributed by atoms with Gasteiger partial charge in [0.15, 0.2) is 0 Å². The van der Waals surface area contributed by atoms with Crippen molar-refractivity contribution in [2.24, 2.45) is 17.1 Å². The van der Waals surface area contributed by atoms with Crippen molar-refractivity contribution in [2.75, 3.05) is 32.9 Å². The first kappa shape index (κ1) is 15.3. The first-order valence-corrected chi connectivity index (χ1v) is 8.10. The van der Waals surface area contributed by atoms with Crippen molar-refractivity contribution in [3.63, 3.8) is 0 Å². The van der Waals surface area contributed by atoms with Gasteiger partial charge in [-0.25, -0.2) is 0 Å². The Morgan fingerprint density at radius 2 is 2.23 bits per heavy atom. The molecular formula is C16H24N2O4. The van der Waals surface area contributed by atoms with Gasteiger partial charge in [-0.3, -0.25) is 9.59 Å². The van der Waals surface area contributed by atoms with E-state index in [9.17, 15) is 9.59 Å². The summed E-state index contributed by atoms with van der Waals surface area (Å²) in [7, 11) is 0. The lowest BCUT2D eigenvalue weighted by Crippen LogP contribution is -2.48. The number of carbonyl (C=O) groups excluding carboxylic acids is 2. The van der Waals surface area contributed by atoms with Crippen LogP contribution in [0.1, 0.15) is 32.6 Å². The number of ether oxygens (including phenoxy) is 2. The highest BCUT2D eigenvalue weighted by molar-refractivity contribution is 5.95. The van der Waals surface area contributed by atoms with Crippen molar-refractivity contribution in [3.8, 4) is 0 Å². The third kappa shape index (κ3) is 2.39. The first-order valence-electron chi connectivity index (χ1n) is 8.10. The molecule has 0 aliphatic carbocycles. The molecule has 6 nitrogen and oxygen atoms in total. The molecule has 3 aliphatic heterocycles. The first-order chi connectivity index (χ1) is 10.6. The van der Waals surface area contributed by atoms with Crippen LogP contribution in [0.4, 0.5) is 0 Å². The molecule has 2 fully saturated rings. The van der Waals surface area contributed by atoms with Crippen molar-refractivity contribution in [1.82, 2.24) is 4.90 Å². The minimum absolute atomic E-state index is 0.00609. The zero-order valence-corrected chi connectivity index (χ0v) is 13.1. The van der Waals surface area contributed by atoms with Crippen LogP contribution in [-0.4, -0.2) is 49.6 Å². The van der Waals surface area contributed by atoms with E-state index < -0.39 is 5.41 Å². The highest BCUT2D eigenvalue weighted by Gasteiger charge is 2.53. The summed E-state index contributed by atoms with van der Waals surface area (Å²) >= 11 is 0. The Bertz CT molecular complexity index is 516. The number of fused-ring (bicyclic) bond motifs is 1. The predicted molar refractivity (Wildman–Crippen MR) is 79.6 cm³/mol. The maximum atomic E-state index is 12.9. The molecule has 2 N–H and O–H groups in total. The zero-order valence-electron chi connectivity index (χ0n) is 13.1. The molecule has 3 heterocycles. The van der Waals surface area contributed by atoms with Crippen molar-refractivity contribution < 1.29 is 19.1 Å². The summed E-state index contributed by atoms with van der Waals surface area (Å²) in [4.78, 5) is 26.7. The van der Waals surface area contributed by atoms with Crippen molar-refractivity contribution >= 4 is 11.8 Å². The lowest BCUT2D eigenvalue weighted by molar-refractivity contribution is -0.136. The molecule has 2 amide bonds. The lowest BCUT2D eigenvalue weighted by Gasteiger charge is -2.35. The van der Waals surface area contributed by atoms with Gasteiger partial charge >= 0.3 is 0 Å². The average molecular weight is 308 g/mol. The maximum absolute atomic E-state index is 12.9. The maximum Gasteiger partial charge on any atom is 0.253 e. The van der Waals surface area contributed by atoms with Gasteiger partial charge in [-0.2, -0.15) is 0 Å². The van der Waals surface area contributed by atoms with Crippen molar-refractivity contribution in [1.29, 1.82) is 0 Å². The second-order valence-electron chi connectivity index (χ2n) is 6.44. The molecule has 0 bridgehead atoms. The Morgan fingerprint density at radius 3 is 2.91 bits per heavy atom. The smallest absolute Gasteiger partial charge is 0.253 e. The summed E-state index contributed by atoms with van der Waals surface area (Å²) in [5, 5.41) is 0. The minimum atomic E-state index is -0.615. The quantitative estimate of drug-likeness (QED) is 0.836. The second kappa shape index (κ2) is 5.91. The minimum Gasteiger partial charge on any atom is -0.497 e. The molecule has 2 atom stereocenters. The number of rotatable bonds is 3. The summed E-state index contributed by atoms with van der Waals surface area (Å²) in [6, 6.07) is 0. The molecule has 0 spiro atoms. The third-order valence-electron chi connectivity index (χ3n) is 5.25. The summed E-state index contributed by atoms with van der Waals surface area (Å²) in [6.45, 7) is 4.67. The number of carbonyl (C=O) groups is 2. The molecule has 0 aromatic heterocycles. The Labute approximate surface area is 130 Å². The van der Waals surface area contributed by atoms with Crippen LogP contribution in [0, 0.1) is 11.3 Å². The third-order valence-corrected chi connectivity index (χ3v) is 5.25. The molecule has 0 unspecified atom stereocenters. The molecule has 2 saturated heterocycles.